The fraction of sp³-hybridized carbons (Fsp3) is 0.909. The number of unbranched alkanes of at least 4 members (excludes halogenated alkanes) is 1. The summed E-state index contributed by atoms with van der Waals surface area (Å²) in [6.07, 6.45) is 4.87. The predicted molar refractivity (Wildman–Crippen MR) is 59.4 cm³/mol. The minimum atomic E-state index is 0.113. The zero-order valence-corrected chi connectivity index (χ0v) is 9.50. The summed E-state index contributed by atoms with van der Waals surface area (Å²) >= 11 is 0. The highest BCUT2D eigenvalue weighted by Gasteiger charge is 2.28. The summed E-state index contributed by atoms with van der Waals surface area (Å²) in [4.78, 5) is 11.3. The lowest BCUT2D eigenvalue weighted by molar-refractivity contribution is -0.121. The van der Waals surface area contributed by atoms with Gasteiger partial charge in [0, 0.05) is 32.7 Å². The Kier molecular flexibility index (Phi) is 5.65. The van der Waals surface area contributed by atoms with Gasteiger partial charge >= 0.3 is 0 Å². The first-order valence-electron chi connectivity index (χ1n) is 5.75. The van der Waals surface area contributed by atoms with E-state index >= 15 is 0 Å². The molecule has 88 valence electrons. The lowest BCUT2D eigenvalue weighted by Crippen LogP contribution is -2.38. The van der Waals surface area contributed by atoms with Crippen LogP contribution in [0.25, 0.3) is 0 Å². The largest absolute Gasteiger partial charge is 0.385 e. The summed E-state index contributed by atoms with van der Waals surface area (Å²) < 4.78 is 4.91. The molecule has 1 atom stereocenters. The van der Waals surface area contributed by atoms with E-state index in [1.807, 2.05) is 0 Å². The molecule has 0 aromatic carbocycles. The van der Waals surface area contributed by atoms with Gasteiger partial charge in [-0.2, -0.15) is 0 Å². The van der Waals surface area contributed by atoms with Crippen LogP contribution in [-0.2, 0) is 9.53 Å². The smallest absolute Gasteiger partial charge is 0.220 e. The number of methoxy groups -OCH3 is 1. The topological polar surface area (TPSA) is 64.3 Å². The Balaban J connectivity index is 1.93. The summed E-state index contributed by atoms with van der Waals surface area (Å²) in [6, 6.07) is 0.160. The van der Waals surface area contributed by atoms with Crippen LogP contribution in [-0.4, -0.2) is 32.2 Å². The maximum absolute atomic E-state index is 11.3. The highest BCUT2D eigenvalue weighted by molar-refractivity contribution is 5.75. The first kappa shape index (κ1) is 12.5. The molecule has 3 N–H and O–H groups in total. The van der Waals surface area contributed by atoms with Gasteiger partial charge in [-0.05, 0) is 31.6 Å². The molecule has 1 aliphatic rings. The molecular weight excluding hydrogens is 192 g/mol. The van der Waals surface area contributed by atoms with Crippen LogP contribution in [0.2, 0.25) is 0 Å². The molecule has 0 bridgehead atoms. The Morgan fingerprint density at radius 3 is 2.87 bits per heavy atom. The monoisotopic (exact) mass is 214 g/mol. The Morgan fingerprint density at radius 2 is 2.27 bits per heavy atom. The zero-order valence-electron chi connectivity index (χ0n) is 9.50. The maximum atomic E-state index is 11.3. The number of amides is 1. The zero-order chi connectivity index (χ0) is 11.1. The Bertz CT molecular complexity index is 193. The summed E-state index contributed by atoms with van der Waals surface area (Å²) in [5.74, 6) is 0.765. The molecule has 0 aliphatic heterocycles. The Hall–Kier alpha value is -0.610. The molecule has 4 heteroatoms. The number of hydrogen-bond acceptors (Lipinski definition) is 3. The van der Waals surface area contributed by atoms with Crippen molar-refractivity contribution >= 4 is 5.91 Å². The van der Waals surface area contributed by atoms with Gasteiger partial charge in [0.15, 0.2) is 0 Å². The van der Waals surface area contributed by atoms with E-state index in [4.69, 9.17) is 10.5 Å². The molecule has 1 unspecified atom stereocenters. The van der Waals surface area contributed by atoms with Crippen LogP contribution in [0, 0.1) is 5.92 Å². The van der Waals surface area contributed by atoms with E-state index in [0.29, 0.717) is 18.9 Å². The van der Waals surface area contributed by atoms with Gasteiger partial charge in [-0.15, -0.1) is 0 Å². The van der Waals surface area contributed by atoms with Gasteiger partial charge in [0.1, 0.15) is 0 Å². The van der Waals surface area contributed by atoms with Crippen LogP contribution in [0.4, 0.5) is 0 Å². The van der Waals surface area contributed by atoms with Crippen molar-refractivity contribution < 1.29 is 9.53 Å². The lowest BCUT2D eigenvalue weighted by atomic mass is 10.2. The van der Waals surface area contributed by atoms with Crippen molar-refractivity contribution in [3.8, 4) is 0 Å². The first-order valence-corrected chi connectivity index (χ1v) is 5.75. The summed E-state index contributed by atoms with van der Waals surface area (Å²) in [7, 11) is 1.68. The highest BCUT2D eigenvalue weighted by Crippen LogP contribution is 2.31. The van der Waals surface area contributed by atoms with Gasteiger partial charge in [0.25, 0.3) is 0 Å². The maximum Gasteiger partial charge on any atom is 0.220 e. The van der Waals surface area contributed by atoms with Crippen molar-refractivity contribution in [1.29, 1.82) is 0 Å². The van der Waals surface area contributed by atoms with Crippen molar-refractivity contribution in [2.24, 2.45) is 11.7 Å². The minimum absolute atomic E-state index is 0.113. The van der Waals surface area contributed by atoms with Gasteiger partial charge in [0.05, 0.1) is 0 Å². The second-order valence-corrected chi connectivity index (χ2v) is 4.26. The normalized spacial score (nSPS) is 17.5. The third-order valence-corrected chi connectivity index (χ3v) is 2.76. The summed E-state index contributed by atoms with van der Waals surface area (Å²) in [6.45, 7) is 1.36. The predicted octanol–water partition coefficient (Wildman–Crippen LogP) is 0.657. The molecule has 0 radical (unpaired) electrons. The van der Waals surface area contributed by atoms with Crippen LogP contribution in [0.1, 0.15) is 32.1 Å². The van der Waals surface area contributed by atoms with E-state index < -0.39 is 0 Å². The fourth-order valence-corrected chi connectivity index (χ4v) is 1.54. The van der Waals surface area contributed by atoms with E-state index in [9.17, 15) is 4.79 Å². The molecular formula is C11H22N2O2. The third-order valence-electron chi connectivity index (χ3n) is 2.76. The molecule has 1 rings (SSSR count). The van der Waals surface area contributed by atoms with E-state index in [-0.39, 0.29) is 11.9 Å². The molecule has 1 fully saturated rings. The van der Waals surface area contributed by atoms with Crippen LogP contribution in [0.15, 0.2) is 0 Å². The van der Waals surface area contributed by atoms with Crippen molar-refractivity contribution in [1.82, 2.24) is 5.32 Å². The summed E-state index contributed by atoms with van der Waals surface area (Å²) in [5.41, 5.74) is 5.87. The van der Waals surface area contributed by atoms with Crippen molar-refractivity contribution in [3.05, 3.63) is 0 Å². The molecule has 1 amide bonds. The summed E-state index contributed by atoms with van der Waals surface area (Å²) in [5, 5.41) is 2.88. The van der Waals surface area contributed by atoms with Gasteiger partial charge in [0.2, 0.25) is 5.91 Å². The SMILES string of the molecule is COCCCCC(=O)NCC(N)C1CC1. The second kappa shape index (κ2) is 6.80. The van der Waals surface area contributed by atoms with Crippen molar-refractivity contribution in [3.63, 3.8) is 0 Å². The van der Waals surface area contributed by atoms with E-state index in [1.165, 1.54) is 12.8 Å². The fourth-order valence-electron chi connectivity index (χ4n) is 1.54. The standard InChI is InChI=1S/C11H22N2O2/c1-15-7-3-2-4-11(14)13-8-10(12)9-5-6-9/h9-10H,2-8,12H2,1H3,(H,13,14). The molecule has 1 saturated carbocycles. The molecule has 1 aliphatic carbocycles. The number of nitrogens with two attached hydrogens (primary N) is 1. The lowest BCUT2D eigenvalue weighted by Gasteiger charge is -2.11. The van der Waals surface area contributed by atoms with Gasteiger partial charge in [-0.1, -0.05) is 0 Å². The molecule has 0 saturated heterocycles. The molecule has 15 heavy (non-hydrogen) atoms. The molecule has 0 spiro atoms. The average Bonchev–Trinajstić information content (AvgIpc) is 3.04. The molecule has 0 aromatic heterocycles. The minimum Gasteiger partial charge on any atom is -0.385 e. The Morgan fingerprint density at radius 1 is 1.53 bits per heavy atom. The second-order valence-electron chi connectivity index (χ2n) is 4.26. The molecule has 4 nitrogen and oxygen atoms in total. The van der Waals surface area contributed by atoms with Crippen LogP contribution >= 0.6 is 0 Å². The first-order chi connectivity index (χ1) is 7.24. The number of carbonyl (C=O) groups is 1. The van der Waals surface area contributed by atoms with E-state index in [2.05, 4.69) is 5.32 Å². The number of nitrogens with one attached hydrogen (secondary N) is 1. The average molecular weight is 214 g/mol. The van der Waals surface area contributed by atoms with Crippen molar-refractivity contribution in [2.75, 3.05) is 20.3 Å². The van der Waals surface area contributed by atoms with Gasteiger partial charge in [-0.3, -0.25) is 4.79 Å². The van der Waals surface area contributed by atoms with E-state index in [0.717, 1.165) is 19.4 Å². The van der Waals surface area contributed by atoms with Crippen LogP contribution in [0.5, 0.6) is 0 Å². The Labute approximate surface area is 91.5 Å². The van der Waals surface area contributed by atoms with Crippen LogP contribution < -0.4 is 11.1 Å². The highest BCUT2D eigenvalue weighted by atomic mass is 16.5. The number of rotatable bonds is 8. The number of hydrogen-bond donors (Lipinski definition) is 2. The van der Waals surface area contributed by atoms with E-state index in [1.54, 1.807) is 7.11 Å². The third kappa shape index (κ3) is 5.74. The molecule has 0 aromatic rings. The van der Waals surface area contributed by atoms with Gasteiger partial charge < -0.3 is 15.8 Å². The van der Waals surface area contributed by atoms with Crippen LogP contribution in [0.3, 0.4) is 0 Å². The number of ether oxygens (including phenoxy) is 1. The number of carbonyl (C=O) groups excluding carboxylic acids is 1. The molecule has 0 heterocycles. The quantitative estimate of drug-likeness (QED) is 0.583. The van der Waals surface area contributed by atoms with Gasteiger partial charge in [-0.25, -0.2) is 0 Å². The van der Waals surface area contributed by atoms with Crippen molar-refractivity contribution in [2.45, 2.75) is 38.1 Å².